The van der Waals surface area contributed by atoms with Crippen molar-refractivity contribution in [2.24, 2.45) is 0 Å². The maximum absolute atomic E-state index is 5.00. The number of hydrogen-bond donors (Lipinski definition) is 0. The minimum absolute atomic E-state index is 0.546. The largest absolute Gasteiger partial charge is 0.385 e. The van der Waals surface area contributed by atoms with Gasteiger partial charge in [0.25, 0.3) is 0 Å². The lowest BCUT2D eigenvalue weighted by Crippen LogP contribution is -2.07. The van der Waals surface area contributed by atoms with Crippen LogP contribution in [0.4, 0.5) is 0 Å². The molecular weight excluding hydrogens is 164 g/mol. The van der Waals surface area contributed by atoms with Gasteiger partial charge in [-0.15, -0.1) is 0 Å². The molecule has 74 valence electrons. The fraction of sp³-hybridized carbons (Fsp3) is 0.700. The molecule has 0 amide bonds. The summed E-state index contributed by atoms with van der Waals surface area (Å²) in [6.45, 7) is 6.12. The predicted octanol–water partition coefficient (Wildman–Crippen LogP) is 2.04. The predicted molar refractivity (Wildman–Crippen MR) is 52.8 cm³/mol. The standard InChI is InChI=1S/C10H18N2O/c1-9(2)10-5-6-11-12(10)7-4-8-13-3/h5-6,9H,4,7-8H2,1-3H3. The van der Waals surface area contributed by atoms with Crippen molar-refractivity contribution in [3.05, 3.63) is 18.0 Å². The van der Waals surface area contributed by atoms with E-state index in [0.717, 1.165) is 19.6 Å². The van der Waals surface area contributed by atoms with Crippen molar-refractivity contribution < 1.29 is 4.74 Å². The second-order valence-corrected chi connectivity index (χ2v) is 3.48. The van der Waals surface area contributed by atoms with Crippen LogP contribution in [0.15, 0.2) is 12.3 Å². The van der Waals surface area contributed by atoms with Crippen LogP contribution in [0.5, 0.6) is 0 Å². The normalized spacial score (nSPS) is 11.1. The molecule has 0 atom stereocenters. The molecule has 0 unspecified atom stereocenters. The van der Waals surface area contributed by atoms with E-state index in [9.17, 15) is 0 Å². The summed E-state index contributed by atoms with van der Waals surface area (Å²) in [7, 11) is 1.73. The van der Waals surface area contributed by atoms with Gasteiger partial charge in [-0.1, -0.05) is 13.8 Å². The molecule has 0 aliphatic rings. The Labute approximate surface area is 79.7 Å². The number of rotatable bonds is 5. The quantitative estimate of drug-likeness (QED) is 0.652. The smallest absolute Gasteiger partial charge is 0.0492 e. The Hall–Kier alpha value is -0.830. The number of hydrogen-bond acceptors (Lipinski definition) is 2. The molecule has 0 radical (unpaired) electrons. The van der Waals surface area contributed by atoms with E-state index >= 15 is 0 Å². The molecule has 0 fully saturated rings. The van der Waals surface area contributed by atoms with Gasteiger partial charge in [0.15, 0.2) is 0 Å². The highest BCUT2D eigenvalue weighted by Gasteiger charge is 2.05. The first-order chi connectivity index (χ1) is 6.25. The van der Waals surface area contributed by atoms with E-state index in [0.29, 0.717) is 5.92 Å². The molecule has 1 rings (SSSR count). The molecule has 0 bridgehead atoms. The van der Waals surface area contributed by atoms with Crippen molar-refractivity contribution in [1.82, 2.24) is 9.78 Å². The van der Waals surface area contributed by atoms with E-state index in [1.54, 1.807) is 7.11 Å². The minimum atomic E-state index is 0.546. The molecule has 0 aliphatic heterocycles. The van der Waals surface area contributed by atoms with Gasteiger partial charge < -0.3 is 4.74 Å². The number of nitrogens with zero attached hydrogens (tertiary/aromatic N) is 2. The Morgan fingerprint density at radius 3 is 2.92 bits per heavy atom. The molecular formula is C10H18N2O. The molecule has 3 nitrogen and oxygen atoms in total. The zero-order chi connectivity index (χ0) is 9.68. The Balaban J connectivity index is 2.50. The van der Waals surface area contributed by atoms with Crippen molar-refractivity contribution in [1.29, 1.82) is 0 Å². The molecule has 0 N–H and O–H groups in total. The Morgan fingerprint density at radius 1 is 1.54 bits per heavy atom. The fourth-order valence-electron chi connectivity index (χ4n) is 1.38. The van der Waals surface area contributed by atoms with E-state index in [-0.39, 0.29) is 0 Å². The topological polar surface area (TPSA) is 27.1 Å². The van der Waals surface area contributed by atoms with Crippen molar-refractivity contribution >= 4 is 0 Å². The first kappa shape index (κ1) is 10.3. The minimum Gasteiger partial charge on any atom is -0.385 e. The molecule has 0 saturated heterocycles. The van der Waals surface area contributed by atoms with Gasteiger partial charge >= 0.3 is 0 Å². The van der Waals surface area contributed by atoms with E-state index in [1.807, 2.05) is 6.20 Å². The number of ether oxygens (including phenoxy) is 1. The molecule has 0 saturated carbocycles. The summed E-state index contributed by atoms with van der Waals surface area (Å²) in [5, 5.41) is 4.27. The van der Waals surface area contributed by atoms with Crippen molar-refractivity contribution in [3.63, 3.8) is 0 Å². The molecule has 0 aliphatic carbocycles. The third-order valence-electron chi connectivity index (χ3n) is 2.06. The summed E-state index contributed by atoms with van der Waals surface area (Å²) in [5.41, 5.74) is 1.30. The van der Waals surface area contributed by atoms with Gasteiger partial charge in [-0.3, -0.25) is 4.68 Å². The Kier molecular flexibility index (Phi) is 3.96. The number of methoxy groups -OCH3 is 1. The van der Waals surface area contributed by atoms with Crippen LogP contribution in [0.25, 0.3) is 0 Å². The summed E-state index contributed by atoms with van der Waals surface area (Å²) in [5.74, 6) is 0.546. The maximum Gasteiger partial charge on any atom is 0.0492 e. The number of aryl methyl sites for hydroxylation is 1. The molecule has 1 aromatic heterocycles. The van der Waals surface area contributed by atoms with E-state index in [2.05, 4.69) is 29.7 Å². The first-order valence-electron chi connectivity index (χ1n) is 4.76. The zero-order valence-electron chi connectivity index (χ0n) is 8.66. The molecule has 13 heavy (non-hydrogen) atoms. The summed E-state index contributed by atoms with van der Waals surface area (Å²) in [4.78, 5) is 0. The third kappa shape index (κ3) is 2.84. The molecule has 3 heteroatoms. The van der Waals surface area contributed by atoms with Gasteiger partial charge in [-0.2, -0.15) is 5.10 Å². The van der Waals surface area contributed by atoms with Crippen molar-refractivity contribution in [2.45, 2.75) is 32.7 Å². The summed E-state index contributed by atoms with van der Waals surface area (Å²) in [6, 6.07) is 2.08. The first-order valence-corrected chi connectivity index (χ1v) is 4.76. The van der Waals surface area contributed by atoms with Gasteiger partial charge in [0.1, 0.15) is 0 Å². The maximum atomic E-state index is 5.00. The summed E-state index contributed by atoms with van der Waals surface area (Å²) < 4.78 is 7.06. The van der Waals surface area contributed by atoms with Crippen molar-refractivity contribution in [3.8, 4) is 0 Å². The van der Waals surface area contributed by atoms with Gasteiger partial charge in [-0.05, 0) is 18.4 Å². The van der Waals surface area contributed by atoms with Crippen LogP contribution in [0, 0.1) is 0 Å². The van der Waals surface area contributed by atoms with Gasteiger partial charge in [0.2, 0.25) is 0 Å². The van der Waals surface area contributed by atoms with E-state index in [1.165, 1.54) is 5.69 Å². The lowest BCUT2D eigenvalue weighted by molar-refractivity contribution is 0.188. The Morgan fingerprint density at radius 2 is 2.31 bits per heavy atom. The Bertz CT molecular complexity index is 243. The van der Waals surface area contributed by atoms with Gasteiger partial charge in [0.05, 0.1) is 0 Å². The second kappa shape index (κ2) is 5.02. The van der Waals surface area contributed by atoms with Crippen LogP contribution in [0.2, 0.25) is 0 Å². The van der Waals surface area contributed by atoms with Crippen LogP contribution < -0.4 is 0 Å². The van der Waals surface area contributed by atoms with E-state index < -0.39 is 0 Å². The summed E-state index contributed by atoms with van der Waals surface area (Å²) in [6.07, 6.45) is 2.89. The second-order valence-electron chi connectivity index (χ2n) is 3.48. The fourth-order valence-corrected chi connectivity index (χ4v) is 1.38. The lowest BCUT2D eigenvalue weighted by atomic mass is 10.1. The summed E-state index contributed by atoms with van der Waals surface area (Å²) >= 11 is 0. The van der Waals surface area contributed by atoms with Gasteiger partial charge in [0, 0.05) is 32.2 Å². The van der Waals surface area contributed by atoms with Crippen LogP contribution in [-0.2, 0) is 11.3 Å². The monoisotopic (exact) mass is 182 g/mol. The van der Waals surface area contributed by atoms with Crippen LogP contribution in [0.1, 0.15) is 31.9 Å². The highest BCUT2D eigenvalue weighted by molar-refractivity contribution is 5.05. The van der Waals surface area contributed by atoms with Crippen molar-refractivity contribution in [2.75, 3.05) is 13.7 Å². The highest BCUT2D eigenvalue weighted by atomic mass is 16.5. The lowest BCUT2D eigenvalue weighted by Gasteiger charge is -2.09. The SMILES string of the molecule is COCCCn1nccc1C(C)C. The van der Waals surface area contributed by atoms with E-state index in [4.69, 9.17) is 4.74 Å². The molecule has 1 aromatic rings. The molecule has 0 aromatic carbocycles. The molecule has 0 spiro atoms. The zero-order valence-corrected chi connectivity index (χ0v) is 8.66. The van der Waals surface area contributed by atoms with Crippen LogP contribution in [0.3, 0.4) is 0 Å². The van der Waals surface area contributed by atoms with Gasteiger partial charge in [-0.25, -0.2) is 0 Å². The average Bonchev–Trinajstić information content (AvgIpc) is 2.53. The highest BCUT2D eigenvalue weighted by Crippen LogP contribution is 2.13. The van der Waals surface area contributed by atoms with Crippen LogP contribution >= 0.6 is 0 Å². The average molecular weight is 182 g/mol. The third-order valence-corrected chi connectivity index (χ3v) is 2.06. The molecule has 1 heterocycles. The number of aromatic nitrogens is 2. The van der Waals surface area contributed by atoms with Crippen LogP contribution in [-0.4, -0.2) is 23.5 Å².